The number of fused-ring (bicyclic) bond motifs is 1. The molecule has 18 heavy (non-hydrogen) atoms. The van der Waals surface area contributed by atoms with Crippen LogP contribution in [-0.2, 0) is 6.54 Å². The van der Waals surface area contributed by atoms with Gasteiger partial charge in [-0.25, -0.2) is 4.98 Å². The molecular formula is C13H19N3OS. The molecule has 0 fully saturated rings. The van der Waals surface area contributed by atoms with Gasteiger partial charge in [0, 0.05) is 0 Å². The maximum absolute atomic E-state index is 11.7. The smallest absolute Gasteiger partial charge is 0.268 e. The third-order valence-corrected chi connectivity index (χ3v) is 3.77. The minimum absolute atomic E-state index is 0.0298. The lowest BCUT2D eigenvalue weighted by molar-refractivity contribution is 0.588. The van der Waals surface area contributed by atoms with Crippen LogP contribution in [0.1, 0.15) is 38.4 Å². The normalized spacial score (nSPS) is 11.2. The highest BCUT2D eigenvalue weighted by molar-refractivity contribution is 7.17. The third kappa shape index (κ3) is 3.40. The molecule has 98 valence electrons. The van der Waals surface area contributed by atoms with Crippen LogP contribution < -0.4 is 10.9 Å². The molecule has 0 bridgehead atoms. The Labute approximate surface area is 110 Å². The summed E-state index contributed by atoms with van der Waals surface area (Å²) in [5.74, 6) is 0.724. The lowest BCUT2D eigenvalue weighted by Crippen LogP contribution is -2.19. The molecule has 2 aromatic rings. The molecule has 0 aliphatic rings. The molecule has 0 aliphatic carbocycles. The number of hydrogen-bond donors (Lipinski definition) is 2. The maximum atomic E-state index is 11.7. The van der Waals surface area contributed by atoms with E-state index >= 15 is 0 Å². The van der Waals surface area contributed by atoms with Crippen molar-refractivity contribution in [1.29, 1.82) is 0 Å². The minimum atomic E-state index is -0.0298. The third-order valence-electron chi connectivity index (χ3n) is 2.86. The monoisotopic (exact) mass is 265 g/mol. The first-order valence-corrected chi connectivity index (χ1v) is 7.36. The summed E-state index contributed by atoms with van der Waals surface area (Å²) in [6, 6.07) is 1.89. The van der Waals surface area contributed by atoms with Gasteiger partial charge in [0.1, 0.15) is 10.5 Å². The Bertz CT molecular complexity index is 546. The van der Waals surface area contributed by atoms with E-state index in [1.807, 2.05) is 11.4 Å². The predicted octanol–water partition coefficient (Wildman–Crippen LogP) is 2.65. The summed E-state index contributed by atoms with van der Waals surface area (Å²) < 4.78 is 0.710. The molecule has 0 saturated heterocycles. The van der Waals surface area contributed by atoms with E-state index in [2.05, 4.69) is 22.2 Å². The maximum Gasteiger partial charge on any atom is 0.268 e. The summed E-state index contributed by atoms with van der Waals surface area (Å²) in [6.07, 6.45) is 4.98. The molecule has 2 N–H and O–H groups in total. The fraction of sp³-hybridized carbons (Fsp3) is 0.538. The average molecular weight is 265 g/mol. The van der Waals surface area contributed by atoms with Crippen molar-refractivity contribution in [3.63, 3.8) is 0 Å². The van der Waals surface area contributed by atoms with Crippen LogP contribution in [0.5, 0.6) is 0 Å². The van der Waals surface area contributed by atoms with Gasteiger partial charge in [0.05, 0.1) is 12.1 Å². The fourth-order valence-corrected chi connectivity index (χ4v) is 2.61. The number of H-pyrrole nitrogens is 1. The molecule has 0 aliphatic heterocycles. The van der Waals surface area contributed by atoms with Crippen molar-refractivity contribution in [2.24, 2.45) is 0 Å². The lowest BCUT2D eigenvalue weighted by Gasteiger charge is -2.04. The number of aromatic nitrogens is 2. The van der Waals surface area contributed by atoms with E-state index in [9.17, 15) is 4.79 Å². The van der Waals surface area contributed by atoms with Gasteiger partial charge >= 0.3 is 0 Å². The highest BCUT2D eigenvalue weighted by Gasteiger charge is 2.04. The summed E-state index contributed by atoms with van der Waals surface area (Å²) in [5.41, 5.74) is 0.768. The summed E-state index contributed by atoms with van der Waals surface area (Å²) in [7, 11) is 0. The summed E-state index contributed by atoms with van der Waals surface area (Å²) in [5, 5.41) is 5.21. The molecule has 5 heteroatoms. The predicted molar refractivity (Wildman–Crippen MR) is 76.1 cm³/mol. The van der Waals surface area contributed by atoms with Gasteiger partial charge < -0.3 is 10.3 Å². The average Bonchev–Trinajstić information content (AvgIpc) is 2.82. The van der Waals surface area contributed by atoms with E-state index in [0.29, 0.717) is 11.2 Å². The second-order valence-electron chi connectivity index (χ2n) is 4.39. The SMILES string of the molecule is CCCCCCNCc1nc2ccsc2c(=O)[nH]1. The zero-order valence-corrected chi connectivity index (χ0v) is 11.5. The van der Waals surface area contributed by atoms with Gasteiger partial charge in [0.2, 0.25) is 0 Å². The Kier molecular flexibility index (Phi) is 4.90. The second-order valence-corrected chi connectivity index (χ2v) is 5.30. The second kappa shape index (κ2) is 6.66. The molecule has 0 spiro atoms. The number of rotatable bonds is 7. The molecule has 4 nitrogen and oxygen atoms in total. The number of nitrogens with zero attached hydrogens (tertiary/aromatic N) is 1. The van der Waals surface area contributed by atoms with Gasteiger partial charge in [0.15, 0.2) is 0 Å². The number of nitrogens with one attached hydrogen (secondary N) is 2. The van der Waals surface area contributed by atoms with Crippen LogP contribution >= 0.6 is 11.3 Å². The number of aromatic amines is 1. The first-order chi connectivity index (χ1) is 8.81. The van der Waals surface area contributed by atoms with Crippen LogP contribution in [0.15, 0.2) is 16.2 Å². The van der Waals surface area contributed by atoms with Gasteiger partial charge in [-0.15, -0.1) is 11.3 Å². The fourth-order valence-electron chi connectivity index (χ4n) is 1.89. The van der Waals surface area contributed by atoms with Crippen LogP contribution in [0.2, 0.25) is 0 Å². The highest BCUT2D eigenvalue weighted by atomic mass is 32.1. The molecule has 0 saturated carbocycles. The standard InChI is InChI=1S/C13H19N3OS/c1-2-3-4-5-7-14-9-11-15-10-6-8-18-12(10)13(17)16-11/h6,8,14H,2-5,7,9H2,1H3,(H,15,16,17). The zero-order chi connectivity index (χ0) is 12.8. The van der Waals surface area contributed by atoms with Crippen molar-refractivity contribution in [1.82, 2.24) is 15.3 Å². The minimum Gasteiger partial charge on any atom is -0.310 e. The van der Waals surface area contributed by atoms with Crippen molar-refractivity contribution < 1.29 is 0 Å². The van der Waals surface area contributed by atoms with Gasteiger partial charge in [0.25, 0.3) is 5.56 Å². The topological polar surface area (TPSA) is 57.8 Å². The van der Waals surface area contributed by atoms with Crippen molar-refractivity contribution in [3.05, 3.63) is 27.6 Å². The molecule has 0 unspecified atom stereocenters. The van der Waals surface area contributed by atoms with Gasteiger partial charge in [-0.2, -0.15) is 0 Å². The molecule has 0 amide bonds. The first kappa shape index (κ1) is 13.2. The molecule has 2 rings (SSSR count). The molecule has 2 aromatic heterocycles. The van der Waals surface area contributed by atoms with Gasteiger partial charge in [-0.1, -0.05) is 26.2 Å². The van der Waals surface area contributed by atoms with E-state index in [1.165, 1.54) is 37.0 Å². The van der Waals surface area contributed by atoms with Crippen molar-refractivity contribution in [3.8, 4) is 0 Å². The number of hydrogen-bond acceptors (Lipinski definition) is 4. The molecule has 0 aromatic carbocycles. The summed E-state index contributed by atoms with van der Waals surface area (Å²) in [4.78, 5) is 19.0. The number of thiophene rings is 1. The van der Waals surface area contributed by atoms with E-state index in [-0.39, 0.29) is 5.56 Å². The zero-order valence-electron chi connectivity index (χ0n) is 10.7. The van der Waals surface area contributed by atoms with Crippen LogP contribution in [0.3, 0.4) is 0 Å². The molecule has 2 heterocycles. The van der Waals surface area contributed by atoms with E-state index < -0.39 is 0 Å². The Balaban J connectivity index is 1.86. The van der Waals surface area contributed by atoms with E-state index in [4.69, 9.17) is 0 Å². The largest absolute Gasteiger partial charge is 0.310 e. The molecular weight excluding hydrogens is 246 g/mol. The van der Waals surface area contributed by atoms with Crippen LogP contribution in [0.4, 0.5) is 0 Å². The lowest BCUT2D eigenvalue weighted by atomic mass is 10.2. The Morgan fingerprint density at radius 1 is 1.39 bits per heavy atom. The van der Waals surface area contributed by atoms with E-state index in [0.717, 1.165) is 17.9 Å². The Morgan fingerprint density at radius 2 is 2.28 bits per heavy atom. The Morgan fingerprint density at radius 3 is 3.11 bits per heavy atom. The van der Waals surface area contributed by atoms with Crippen LogP contribution in [0.25, 0.3) is 10.2 Å². The van der Waals surface area contributed by atoms with Gasteiger partial charge in [-0.3, -0.25) is 4.79 Å². The number of unbranched alkanes of at least 4 members (excludes halogenated alkanes) is 3. The van der Waals surface area contributed by atoms with Crippen molar-refractivity contribution >= 4 is 21.6 Å². The van der Waals surface area contributed by atoms with Crippen molar-refractivity contribution in [2.75, 3.05) is 6.54 Å². The summed E-state index contributed by atoms with van der Waals surface area (Å²) >= 11 is 1.43. The molecule has 0 atom stereocenters. The first-order valence-electron chi connectivity index (χ1n) is 6.48. The molecule has 0 radical (unpaired) electrons. The Hall–Kier alpha value is -1.20. The van der Waals surface area contributed by atoms with Crippen LogP contribution in [-0.4, -0.2) is 16.5 Å². The summed E-state index contributed by atoms with van der Waals surface area (Å²) in [6.45, 7) is 3.82. The van der Waals surface area contributed by atoms with Crippen molar-refractivity contribution in [2.45, 2.75) is 39.2 Å². The quantitative estimate of drug-likeness (QED) is 0.757. The highest BCUT2D eigenvalue weighted by Crippen LogP contribution is 2.13. The van der Waals surface area contributed by atoms with Gasteiger partial charge in [-0.05, 0) is 24.4 Å². The van der Waals surface area contributed by atoms with Crippen LogP contribution in [0, 0.1) is 0 Å². The van der Waals surface area contributed by atoms with E-state index in [1.54, 1.807) is 0 Å².